The van der Waals surface area contributed by atoms with Gasteiger partial charge < -0.3 is 14.9 Å². The molecular formula is C19H16N4O2. The molecule has 4 aromatic rings. The molecule has 6 heteroatoms. The lowest BCUT2D eigenvalue weighted by Crippen LogP contribution is -2.02. The zero-order valence-corrected chi connectivity index (χ0v) is 13.5. The van der Waals surface area contributed by atoms with Crippen molar-refractivity contribution in [1.82, 2.24) is 14.3 Å². The SMILES string of the molecule is Cn1nccc1-c1c(C=NO)c2ccccc2n1-c1ccc(O)cc1. The highest BCUT2D eigenvalue weighted by molar-refractivity contribution is 6.07. The molecule has 0 unspecified atom stereocenters. The molecule has 0 aliphatic rings. The molecule has 0 radical (unpaired) electrons. The average Bonchev–Trinajstić information content (AvgIpc) is 3.18. The van der Waals surface area contributed by atoms with Gasteiger partial charge >= 0.3 is 0 Å². The molecule has 0 bridgehead atoms. The normalized spacial score (nSPS) is 11.6. The van der Waals surface area contributed by atoms with E-state index in [1.807, 2.05) is 49.5 Å². The van der Waals surface area contributed by atoms with Gasteiger partial charge in [-0.1, -0.05) is 23.4 Å². The van der Waals surface area contributed by atoms with Crippen LogP contribution in [0.1, 0.15) is 5.56 Å². The van der Waals surface area contributed by atoms with E-state index in [-0.39, 0.29) is 5.75 Å². The third-order valence-corrected chi connectivity index (χ3v) is 4.27. The number of hydrogen-bond acceptors (Lipinski definition) is 4. The lowest BCUT2D eigenvalue weighted by molar-refractivity contribution is 0.322. The maximum Gasteiger partial charge on any atom is 0.115 e. The zero-order chi connectivity index (χ0) is 17.4. The van der Waals surface area contributed by atoms with Crippen molar-refractivity contribution in [3.05, 3.63) is 66.4 Å². The number of hydrogen-bond donors (Lipinski definition) is 2. The lowest BCUT2D eigenvalue weighted by Gasteiger charge is -2.12. The second kappa shape index (κ2) is 5.83. The summed E-state index contributed by atoms with van der Waals surface area (Å²) in [5, 5.41) is 27.3. The molecule has 2 aromatic carbocycles. The van der Waals surface area contributed by atoms with Gasteiger partial charge in [-0.2, -0.15) is 5.10 Å². The summed E-state index contributed by atoms with van der Waals surface area (Å²) in [5.74, 6) is 0.208. The van der Waals surface area contributed by atoms with Crippen molar-refractivity contribution in [2.45, 2.75) is 0 Å². The molecule has 0 fully saturated rings. The Hall–Kier alpha value is -3.54. The van der Waals surface area contributed by atoms with E-state index in [0.29, 0.717) is 0 Å². The summed E-state index contributed by atoms with van der Waals surface area (Å²) < 4.78 is 3.85. The Morgan fingerprint density at radius 2 is 1.80 bits per heavy atom. The number of oxime groups is 1. The summed E-state index contributed by atoms with van der Waals surface area (Å²) in [6.45, 7) is 0. The maximum absolute atomic E-state index is 9.63. The minimum Gasteiger partial charge on any atom is -0.508 e. The Labute approximate surface area is 143 Å². The van der Waals surface area contributed by atoms with Crippen molar-refractivity contribution in [2.24, 2.45) is 12.2 Å². The minimum absolute atomic E-state index is 0.208. The van der Waals surface area contributed by atoms with Crippen LogP contribution < -0.4 is 0 Å². The quantitative estimate of drug-likeness (QED) is 0.342. The molecule has 2 N–H and O–H groups in total. The van der Waals surface area contributed by atoms with E-state index in [9.17, 15) is 10.3 Å². The summed E-state index contributed by atoms with van der Waals surface area (Å²) >= 11 is 0. The van der Waals surface area contributed by atoms with Crippen molar-refractivity contribution < 1.29 is 10.3 Å². The molecular weight excluding hydrogens is 316 g/mol. The number of phenolic OH excluding ortho intramolecular Hbond substituents is 1. The van der Waals surface area contributed by atoms with Crippen LogP contribution in [0.25, 0.3) is 28.0 Å². The van der Waals surface area contributed by atoms with Crippen molar-refractivity contribution in [3.8, 4) is 22.8 Å². The van der Waals surface area contributed by atoms with E-state index >= 15 is 0 Å². The largest absolute Gasteiger partial charge is 0.508 e. The van der Waals surface area contributed by atoms with Crippen LogP contribution in [0.4, 0.5) is 0 Å². The fourth-order valence-corrected chi connectivity index (χ4v) is 3.18. The number of aromatic hydroxyl groups is 1. The van der Waals surface area contributed by atoms with E-state index in [1.54, 1.807) is 23.0 Å². The average molecular weight is 332 g/mol. The Bertz CT molecular complexity index is 1070. The number of aryl methyl sites for hydroxylation is 1. The predicted octanol–water partition coefficient (Wildman–Crippen LogP) is 3.54. The summed E-state index contributed by atoms with van der Waals surface area (Å²) in [4.78, 5) is 0. The zero-order valence-electron chi connectivity index (χ0n) is 13.5. The first-order valence-electron chi connectivity index (χ1n) is 7.79. The monoisotopic (exact) mass is 332 g/mol. The van der Waals surface area contributed by atoms with Gasteiger partial charge in [0.25, 0.3) is 0 Å². The second-order valence-electron chi connectivity index (χ2n) is 5.72. The Kier molecular flexibility index (Phi) is 3.50. The van der Waals surface area contributed by atoms with Crippen LogP contribution in [0, 0.1) is 0 Å². The Morgan fingerprint density at radius 1 is 1.04 bits per heavy atom. The number of rotatable bonds is 3. The van der Waals surface area contributed by atoms with Gasteiger partial charge in [-0.25, -0.2) is 0 Å². The molecule has 25 heavy (non-hydrogen) atoms. The van der Waals surface area contributed by atoms with Gasteiger partial charge in [0.2, 0.25) is 0 Å². The van der Waals surface area contributed by atoms with Crippen LogP contribution in [0.3, 0.4) is 0 Å². The fourth-order valence-electron chi connectivity index (χ4n) is 3.18. The number of phenols is 1. The number of benzene rings is 2. The Morgan fingerprint density at radius 3 is 2.48 bits per heavy atom. The first-order chi connectivity index (χ1) is 12.2. The first kappa shape index (κ1) is 15.0. The molecule has 0 aliphatic carbocycles. The van der Waals surface area contributed by atoms with Crippen molar-refractivity contribution in [2.75, 3.05) is 0 Å². The minimum atomic E-state index is 0.208. The van der Waals surface area contributed by atoms with Gasteiger partial charge in [0.1, 0.15) is 5.75 Å². The molecule has 6 nitrogen and oxygen atoms in total. The highest BCUT2D eigenvalue weighted by Gasteiger charge is 2.20. The van der Waals surface area contributed by atoms with E-state index in [4.69, 9.17) is 0 Å². The molecule has 0 aliphatic heterocycles. The summed E-state index contributed by atoms with van der Waals surface area (Å²) in [7, 11) is 1.87. The smallest absolute Gasteiger partial charge is 0.115 e. The highest BCUT2D eigenvalue weighted by atomic mass is 16.4. The van der Waals surface area contributed by atoms with E-state index < -0.39 is 0 Å². The standard InChI is InChI=1S/C19H16N4O2/c1-22-18(10-11-20-22)19-16(12-21-25)15-4-2-3-5-17(15)23(19)13-6-8-14(24)9-7-13/h2-12,24-25H,1H3. The van der Waals surface area contributed by atoms with Gasteiger partial charge in [-0.3, -0.25) is 4.68 Å². The van der Waals surface area contributed by atoms with E-state index in [1.165, 1.54) is 6.21 Å². The van der Waals surface area contributed by atoms with Crippen LogP contribution in [0.15, 0.2) is 65.9 Å². The van der Waals surface area contributed by atoms with Gasteiger partial charge in [-0.05, 0) is 36.4 Å². The van der Waals surface area contributed by atoms with Crippen LogP contribution >= 0.6 is 0 Å². The van der Waals surface area contributed by atoms with Crippen molar-refractivity contribution in [1.29, 1.82) is 0 Å². The second-order valence-corrected chi connectivity index (χ2v) is 5.72. The predicted molar refractivity (Wildman–Crippen MR) is 96.5 cm³/mol. The third-order valence-electron chi connectivity index (χ3n) is 4.27. The number of para-hydroxylation sites is 1. The van der Waals surface area contributed by atoms with E-state index in [2.05, 4.69) is 14.8 Å². The third kappa shape index (κ3) is 2.35. The molecule has 0 amide bonds. The van der Waals surface area contributed by atoms with Crippen LogP contribution in [-0.2, 0) is 7.05 Å². The topological polar surface area (TPSA) is 75.6 Å². The fraction of sp³-hybridized carbons (Fsp3) is 0.0526. The van der Waals surface area contributed by atoms with Gasteiger partial charge in [0.05, 0.1) is 23.1 Å². The maximum atomic E-state index is 9.63. The lowest BCUT2D eigenvalue weighted by atomic mass is 10.1. The van der Waals surface area contributed by atoms with Gasteiger partial charge in [-0.15, -0.1) is 0 Å². The van der Waals surface area contributed by atoms with Gasteiger partial charge in [0, 0.05) is 29.9 Å². The van der Waals surface area contributed by atoms with Crippen LogP contribution in [-0.4, -0.2) is 30.9 Å². The molecule has 0 spiro atoms. The molecule has 0 saturated carbocycles. The molecule has 2 aromatic heterocycles. The number of aromatic nitrogens is 3. The summed E-state index contributed by atoms with van der Waals surface area (Å²) in [6, 6.07) is 16.8. The van der Waals surface area contributed by atoms with Crippen molar-refractivity contribution in [3.63, 3.8) is 0 Å². The molecule has 4 rings (SSSR count). The van der Waals surface area contributed by atoms with Gasteiger partial charge in [0.15, 0.2) is 0 Å². The number of nitrogens with zero attached hydrogens (tertiary/aromatic N) is 4. The van der Waals surface area contributed by atoms with Crippen molar-refractivity contribution >= 4 is 17.1 Å². The molecule has 124 valence electrons. The number of fused-ring (bicyclic) bond motifs is 1. The molecule has 0 saturated heterocycles. The summed E-state index contributed by atoms with van der Waals surface area (Å²) in [6.07, 6.45) is 3.18. The Balaban J connectivity index is 2.16. The summed E-state index contributed by atoms with van der Waals surface area (Å²) in [5.41, 5.74) is 4.42. The molecule has 2 heterocycles. The van der Waals surface area contributed by atoms with Crippen LogP contribution in [0.2, 0.25) is 0 Å². The first-order valence-corrected chi connectivity index (χ1v) is 7.79. The molecule has 0 atom stereocenters. The van der Waals surface area contributed by atoms with E-state index in [0.717, 1.165) is 33.5 Å². The highest BCUT2D eigenvalue weighted by Crippen LogP contribution is 2.35. The van der Waals surface area contributed by atoms with Crippen LogP contribution in [0.5, 0.6) is 5.75 Å².